The minimum absolute atomic E-state index is 0.520. The van der Waals surface area contributed by atoms with Crippen molar-refractivity contribution in [3.63, 3.8) is 0 Å². The zero-order valence-electron chi connectivity index (χ0n) is 31.9. The van der Waals surface area contributed by atoms with E-state index in [0.717, 1.165) is 49.3 Å². The van der Waals surface area contributed by atoms with E-state index in [2.05, 4.69) is 108 Å². The van der Waals surface area contributed by atoms with Gasteiger partial charge in [-0.3, -0.25) is 9.80 Å². The number of hydrogen-bond acceptors (Lipinski definition) is 6. The van der Waals surface area contributed by atoms with Crippen LogP contribution in [0.1, 0.15) is 87.3 Å². The Bertz CT molecular complexity index is 1660. The molecule has 0 radical (unpaired) electrons. The average Bonchev–Trinajstić information content (AvgIpc) is 3.90. The van der Waals surface area contributed by atoms with E-state index in [4.69, 9.17) is 23.2 Å². The Hall–Kier alpha value is -1.52. The van der Waals surface area contributed by atoms with Crippen LogP contribution in [-0.2, 0) is 19.6 Å². The van der Waals surface area contributed by atoms with Gasteiger partial charge in [0.05, 0.1) is 0 Å². The first-order valence-corrected chi connectivity index (χ1v) is 22.7. The van der Waals surface area contributed by atoms with Crippen molar-refractivity contribution in [2.24, 2.45) is 11.8 Å². The molecule has 5 aliphatic rings. The van der Waals surface area contributed by atoms with E-state index < -0.39 is 0 Å². The van der Waals surface area contributed by atoms with E-state index in [1.54, 1.807) is 0 Å². The minimum atomic E-state index is 0.520. The van der Waals surface area contributed by atoms with Crippen molar-refractivity contribution in [3.05, 3.63) is 104 Å². The first-order valence-electron chi connectivity index (χ1n) is 21.1. The zero-order valence-corrected chi connectivity index (χ0v) is 35.0. The fourth-order valence-electron chi connectivity index (χ4n) is 10.9. The molecule has 5 saturated heterocycles. The SMILES string of the molecule is Clc1ccccc1CNCC(CC[C@H]1CCC(C2CC[C@H]3NCC[C@H]3N(Cc3ccccc3Cl)C2)N1)C1CC2C(CCCCN2Cc2cccc(Br)c2)N1. The Kier molecular flexibility index (Phi) is 13.7. The fourth-order valence-corrected chi connectivity index (χ4v) is 11.7. The Morgan fingerprint density at radius 1 is 0.759 bits per heavy atom. The van der Waals surface area contributed by atoms with Crippen molar-refractivity contribution >= 4 is 39.1 Å². The molecule has 0 spiro atoms. The van der Waals surface area contributed by atoms with Gasteiger partial charge in [0, 0.05) is 83.0 Å². The van der Waals surface area contributed by atoms with Crippen molar-refractivity contribution in [3.8, 4) is 0 Å². The van der Waals surface area contributed by atoms with E-state index in [9.17, 15) is 0 Å². The number of halogens is 3. The van der Waals surface area contributed by atoms with E-state index in [0.29, 0.717) is 54.1 Å². The van der Waals surface area contributed by atoms with Gasteiger partial charge in [0.1, 0.15) is 0 Å². The third-order valence-corrected chi connectivity index (χ3v) is 15.0. The average molecular weight is 837 g/mol. The maximum Gasteiger partial charge on any atom is 0.0451 e. The normalized spacial score (nSPS) is 31.2. The van der Waals surface area contributed by atoms with Gasteiger partial charge in [-0.1, -0.05) is 94.1 Å². The van der Waals surface area contributed by atoms with Crippen LogP contribution in [0.2, 0.25) is 10.0 Å². The molecule has 4 N–H and O–H groups in total. The molecule has 3 aromatic rings. The zero-order chi connectivity index (χ0) is 36.9. The van der Waals surface area contributed by atoms with Crippen LogP contribution in [0.3, 0.4) is 0 Å². The summed E-state index contributed by atoms with van der Waals surface area (Å²) in [4.78, 5) is 5.59. The van der Waals surface area contributed by atoms with Gasteiger partial charge >= 0.3 is 0 Å². The van der Waals surface area contributed by atoms with Crippen LogP contribution >= 0.6 is 39.1 Å². The smallest absolute Gasteiger partial charge is 0.0451 e. The van der Waals surface area contributed by atoms with Gasteiger partial charge in [-0.15, -0.1) is 0 Å². The first-order chi connectivity index (χ1) is 26.5. The summed E-state index contributed by atoms with van der Waals surface area (Å²) >= 11 is 17.0. The molecule has 6 nitrogen and oxygen atoms in total. The second kappa shape index (κ2) is 18.8. The molecule has 5 heterocycles. The highest BCUT2D eigenvalue weighted by Crippen LogP contribution is 2.36. The molecule has 0 saturated carbocycles. The van der Waals surface area contributed by atoms with Crippen LogP contribution < -0.4 is 21.3 Å². The Balaban J connectivity index is 0.915. The third kappa shape index (κ3) is 9.77. The molecular formula is C45H61BrCl2N6. The lowest BCUT2D eigenvalue weighted by Crippen LogP contribution is -2.45. The standard InChI is InChI=1S/C45H61BrCl2N6/c46-36-11-7-8-31(24-36)28-53-23-6-5-14-42-45(53)25-43(52-42)33(27-49-26-32-9-1-3-12-38(32)47)15-17-37-18-20-40(51-37)35-16-19-41-44(21-22-50-41)54(30-35)29-34-10-2-4-13-39(34)48/h1-4,7-13,24,33,35,37,40-45,49-52H,5-6,14-23,25-30H2/t33?,35?,37-,40?,41+,42?,43?,44+,45?/m0/s1. The Morgan fingerprint density at radius 2 is 1.57 bits per heavy atom. The Labute approximate surface area is 343 Å². The van der Waals surface area contributed by atoms with Gasteiger partial charge in [-0.05, 0) is 137 Å². The highest BCUT2D eigenvalue weighted by atomic mass is 79.9. The maximum atomic E-state index is 6.70. The summed E-state index contributed by atoms with van der Waals surface area (Å²) in [7, 11) is 0. The van der Waals surface area contributed by atoms with E-state index in [-0.39, 0.29) is 0 Å². The minimum Gasteiger partial charge on any atom is -0.312 e. The summed E-state index contributed by atoms with van der Waals surface area (Å²) in [5, 5.41) is 18.0. The summed E-state index contributed by atoms with van der Waals surface area (Å²) in [5.74, 6) is 1.25. The van der Waals surface area contributed by atoms with E-state index in [1.807, 2.05) is 12.1 Å². The van der Waals surface area contributed by atoms with Gasteiger partial charge in [-0.2, -0.15) is 0 Å². The number of nitrogens with zero attached hydrogens (tertiary/aromatic N) is 2. The molecule has 9 heteroatoms. The van der Waals surface area contributed by atoms with Crippen LogP contribution in [0.25, 0.3) is 0 Å². The molecule has 6 unspecified atom stereocenters. The number of rotatable bonds is 13. The molecule has 3 aromatic carbocycles. The van der Waals surface area contributed by atoms with Gasteiger partial charge < -0.3 is 21.3 Å². The van der Waals surface area contributed by atoms with Crippen molar-refractivity contribution in [1.82, 2.24) is 31.1 Å². The number of benzene rings is 3. The van der Waals surface area contributed by atoms with Crippen LogP contribution in [0.15, 0.2) is 77.3 Å². The highest BCUT2D eigenvalue weighted by Gasteiger charge is 2.42. The van der Waals surface area contributed by atoms with Crippen molar-refractivity contribution in [2.75, 3.05) is 26.2 Å². The van der Waals surface area contributed by atoms with Crippen LogP contribution in [0.4, 0.5) is 0 Å². The molecule has 0 aliphatic carbocycles. The summed E-state index contributed by atoms with van der Waals surface area (Å²) in [6.07, 6.45) is 14.0. The molecule has 5 aliphatic heterocycles. The topological polar surface area (TPSA) is 54.6 Å². The predicted molar refractivity (Wildman–Crippen MR) is 228 cm³/mol. The lowest BCUT2D eigenvalue weighted by molar-refractivity contribution is 0.155. The summed E-state index contributed by atoms with van der Waals surface area (Å²) in [6.45, 7) is 7.31. The second-order valence-electron chi connectivity index (χ2n) is 17.2. The maximum absolute atomic E-state index is 6.70. The van der Waals surface area contributed by atoms with E-state index >= 15 is 0 Å². The monoisotopic (exact) mass is 834 g/mol. The second-order valence-corrected chi connectivity index (χ2v) is 18.9. The van der Waals surface area contributed by atoms with Crippen LogP contribution in [-0.4, -0.2) is 78.3 Å². The van der Waals surface area contributed by atoms with Crippen LogP contribution in [0, 0.1) is 11.8 Å². The van der Waals surface area contributed by atoms with Crippen LogP contribution in [0.5, 0.6) is 0 Å². The van der Waals surface area contributed by atoms with Gasteiger partial charge in [0.15, 0.2) is 0 Å². The van der Waals surface area contributed by atoms with E-state index in [1.165, 1.54) is 98.3 Å². The molecule has 8 rings (SSSR count). The number of nitrogens with one attached hydrogen (secondary N) is 4. The van der Waals surface area contributed by atoms with Crippen molar-refractivity contribution in [1.29, 1.82) is 0 Å². The molecule has 54 heavy (non-hydrogen) atoms. The Morgan fingerprint density at radius 3 is 2.41 bits per heavy atom. The lowest BCUT2D eigenvalue weighted by Gasteiger charge is -2.33. The molecule has 0 aromatic heterocycles. The summed E-state index contributed by atoms with van der Waals surface area (Å²) in [5.41, 5.74) is 3.87. The van der Waals surface area contributed by atoms with Gasteiger partial charge in [-0.25, -0.2) is 0 Å². The highest BCUT2D eigenvalue weighted by molar-refractivity contribution is 9.10. The molecular weight excluding hydrogens is 775 g/mol. The molecule has 292 valence electrons. The predicted octanol–water partition coefficient (Wildman–Crippen LogP) is 8.79. The molecule has 0 bridgehead atoms. The largest absolute Gasteiger partial charge is 0.312 e. The fraction of sp³-hybridized carbons (Fsp3) is 0.600. The number of fused-ring (bicyclic) bond motifs is 2. The lowest BCUT2D eigenvalue weighted by atomic mass is 9.89. The number of hydrogen-bond donors (Lipinski definition) is 4. The van der Waals surface area contributed by atoms with Gasteiger partial charge in [0.25, 0.3) is 0 Å². The molecule has 0 amide bonds. The third-order valence-electron chi connectivity index (χ3n) is 13.8. The molecule has 5 fully saturated rings. The van der Waals surface area contributed by atoms with Crippen molar-refractivity contribution in [2.45, 2.75) is 133 Å². The number of likely N-dealkylation sites (tertiary alicyclic amines) is 2. The first kappa shape index (κ1) is 39.3. The summed E-state index contributed by atoms with van der Waals surface area (Å²) in [6, 6.07) is 29.8. The van der Waals surface area contributed by atoms with Gasteiger partial charge in [0.2, 0.25) is 0 Å². The molecule has 9 atom stereocenters. The van der Waals surface area contributed by atoms with Crippen molar-refractivity contribution < 1.29 is 0 Å². The quantitative estimate of drug-likeness (QED) is 0.138. The summed E-state index contributed by atoms with van der Waals surface area (Å²) < 4.78 is 1.18.